The zero-order chi connectivity index (χ0) is 70.1. The van der Waals surface area contributed by atoms with Gasteiger partial charge in [0, 0.05) is 72.2 Å². The molecule has 2 aliphatic heterocycles. The number of carbonyl (C=O) groups excluding carboxylic acids is 11. The molecule has 28 heteroatoms. The van der Waals surface area contributed by atoms with Crippen molar-refractivity contribution in [1.82, 2.24) is 45.6 Å². The average molecular weight is 1340 g/mol. The second-order valence-electron chi connectivity index (χ2n) is 25.3. The average Bonchev–Trinajstić information content (AvgIpc) is 1.25. The van der Waals surface area contributed by atoms with Gasteiger partial charge in [-0.3, -0.25) is 57.7 Å². The monoisotopic (exact) mass is 1340 g/mol. The number of nitrogens with two attached hydrogens (primary N) is 1. The Labute approximate surface area is 553 Å². The third-order valence-corrected chi connectivity index (χ3v) is 18.4. The van der Waals surface area contributed by atoms with E-state index in [0.29, 0.717) is 61.9 Å². The van der Waals surface area contributed by atoms with E-state index in [0.717, 1.165) is 9.80 Å². The van der Waals surface area contributed by atoms with Crippen molar-refractivity contribution in [1.29, 1.82) is 0 Å². The zero-order valence-corrected chi connectivity index (χ0v) is 57.6. The van der Waals surface area contributed by atoms with Crippen molar-refractivity contribution in [2.24, 2.45) is 35.3 Å². The molecule has 1 saturated heterocycles. The lowest BCUT2D eigenvalue weighted by Gasteiger charge is -2.41. The Morgan fingerprint density at radius 2 is 1.35 bits per heavy atom. The molecule has 27 nitrogen and oxygen atoms in total. The van der Waals surface area contributed by atoms with Crippen molar-refractivity contribution >= 4 is 81.0 Å². The molecule has 2 heterocycles. The van der Waals surface area contributed by atoms with Crippen LogP contribution in [0.2, 0.25) is 0 Å². The quantitative estimate of drug-likeness (QED) is 0.0360. The minimum atomic E-state index is -4.06. The van der Waals surface area contributed by atoms with Crippen LogP contribution < -0.4 is 37.0 Å². The van der Waals surface area contributed by atoms with Crippen LogP contribution >= 0.6 is 0 Å². The Bertz CT molecular complexity index is 3040. The molecule has 2 aliphatic rings. The Morgan fingerprint density at radius 3 is 1.93 bits per heavy atom. The van der Waals surface area contributed by atoms with Crippen LogP contribution in [0.3, 0.4) is 0 Å². The second-order valence-corrected chi connectivity index (χ2v) is 27.0. The molecular formula is C66H101N11O16S. The number of anilines is 1. The molecule has 4 rings (SSSR count). The molecule has 0 radical (unpaired) electrons. The Hall–Kier alpha value is -7.98. The highest BCUT2D eigenvalue weighted by atomic mass is 32.2. The summed E-state index contributed by atoms with van der Waals surface area (Å²) >= 11 is 0. The first-order valence-corrected chi connectivity index (χ1v) is 34.0. The fourth-order valence-electron chi connectivity index (χ4n) is 11.8. The Kier molecular flexibility index (Phi) is 31.5. The van der Waals surface area contributed by atoms with Crippen molar-refractivity contribution in [2.45, 2.75) is 187 Å². The summed E-state index contributed by atoms with van der Waals surface area (Å²) in [6.45, 7) is 16.4. The number of benzene rings is 2. The van der Waals surface area contributed by atoms with E-state index >= 15 is 0 Å². The number of urea groups is 1. The highest BCUT2D eigenvalue weighted by molar-refractivity contribution is 7.89. The van der Waals surface area contributed by atoms with Crippen LogP contribution in [-0.2, 0) is 79.7 Å². The number of carbonyl (C=O) groups is 11. The number of methoxy groups -OCH3 is 2. The van der Waals surface area contributed by atoms with E-state index in [4.69, 9.17) is 19.9 Å². The predicted octanol–water partition coefficient (Wildman–Crippen LogP) is 4.48. The molecule has 8 N–H and O–H groups in total. The lowest BCUT2D eigenvalue weighted by atomic mass is 9.89. The van der Waals surface area contributed by atoms with Gasteiger partial charge in [0.1, 0.15) is 30.8 Å². The summed E-state index contributed by atoms with van der Waals surface area (Å²) in [6.07, 6.45) is 3.31. The van der Waals surface area contributed by atoms with Gasteiger partial charge in [-0.15, -0.1) is 0 Å². The summed E-state index contributed by atoms with van der Waals surface area (Å²) in [4.78, 5) is 152. The first-order valence-electron chi connectivity index (χ1n) is 32.3. The SMILES string of the molecule is CC[C@H](C)[C@@H]([C@@H](CC(=O)N1CCC[C@H]1[C@H](OC)[C@@H](C)C(=O)NS(=O)(=O)Cc1ccccc1)OC)N(C)C(=O)[C@@H](NC(=O)[C@H](C(C)C)N(C)C(=O)OCc1ccc(NC(=O)[C@H](CCCNC(N)=O)NC(=O)[C@@H](NC(=O)CCCCCN2C(=O)C=CC2=O)C(C)C)cc1)C(C)C. The van der Waals surface area contributed by atoms with Gasteiger partial charge < -0.3 is 56.3 Å². The zero-order valence-electron chi connectivity index (χ0n) is 56.8. The number of likely N-dealkylation sites (N-methyl/N-ethyl adjacent to an activating group) is 2. The van der Waals surface area contributed by atoms with Crippen LogP contribution in [0.15, 0.2) is 66.7 Å². The first kappa shape index (κ1) is 78.5. The van der Waals surface area contributed by atoms with Gasteiger partial charge >= 0.3 is 12.1 Å². The number of hydrogen-bond donors (Lipinski definition) is 7. The van der Waals surface area contributed by atoms with E-state index in [-0.39, 0.29) is 74.9 Å². The van der Waals surface area contributed by atoms with Gasteiger partial charge in [-0.2, -0.15) is 0 Å². The molecule has 12 amide bonds. The third kappa shape index (κ3) is 23.5. The van der Waals surface area contributed by atoms with Crippen molar-refractivity contribution in [3.63, 3.8) is 0 Å². The van der Waals surface area contributed by atoms with Crippen molar-refractivity contribution in [2.75, 3.05) is 53.3 Å². The highest BCUT2D eigenvalue weighted by Crippen LogP contribution is 2.30. The Morgan fingerprint density at radius 1 is 0.713 bits per heavy atom. The standard InChI is InChI=1S/C66H101N11O16S/c1-14-43(8)58(50(91-12)37-54(81)76-36-22-26-49(76)59(92-13)44(9)60(82)73-94(89,90)39-46-23-17-15-18-24-46)74(10)64(86)56(41(4)5)72-63(85)57(42(6)7)75(11)66(88)93-38-45-28-30-47(31-29-45)69-61(83)48(25-21-34-68-65(67)87)70-62(84)55(40(2)3)71-51(78)27-19-16-20-35-77-52(79)32-33-53(77)80/h15,17-18,23-24,28-33,40-44,48-50,55-59H,14,16,19-22,25-27,34-39H2,1-13H3,(H,69,83)(H,70,84)(H,71,78)(H,72,85)(H,73,82)(H3,67,68,87)/t43-,44+,48-,49-,50+,55-,56-,57-,58-,59+/m0/s1. The molecule has 0 spiro atoms. The number of unbranched alkanes of at least 4 members (excludes halogenated alkanes) is 2. The molecule has 2 aromatic carbocycles. The van der Waals surface area contributed by atoms with Crippen molar-refractivity contribution in [3.8, 4) is 0 Å². The molecule has 0 bridgehead atoms. The van der Waals surface area contributed by atoms with Crippen molar-refractivity contribution < 1.29 is 75.4 Å². The fourth-order valence-corrected chi connectivity index (χ4v) is 13.0. The number of nitrogens with zero attached hydrogens (tertiary/aromatic N) is 4. The minimum absolute atomic E-state index is 0.0774. The molecule has 94 heavy (non-hydrogen) atoms. The van der Waals surface area contributed by atoms with Crippen LogP contribution in [0, 0.1) is 29.6 Å². The number of hydrogen-bond acceptors (Lipinski definition) is 16. The number of likely N-dealkylation sites (tertiary alicyclic amines) is 1. The molecule has 0 unspecified atom stereocenters. The van der Waals surface area contributed by atoms with E-state index in [9.17, 15) is 61.2 Å². The van der Waals surface area contributed by atoms with Gasteiger partial charge in [0.25, 0.3) is 11.8 Å². The van der Waals surface area contributed by atoms with Crippen LogP contribution in [0.5, 0.6) is 0 Å². The number of primary amides is 1. The number of ether oxygens (including phenoxy) is 3. The van der Waals surface area contributed by atoms with E-state index in [1.807, 2.05) is 13.8 Å². The number of amides is 12. The third-order valence-electron chi connectivity index (χ3n) is 17.2. The molecule has 10 atom stereocenters. The van der Waals surface area contributed by atoms with Gasteiger partial charge in [0.15, 0.2) is 0 Å². The van der Waals surface area contributed by atoms with E-state index in [2.05, 4.69) is 31.3 Å². The van der Waals surface area contributed by atoms with E-state index in [1.54, 1.807) is 115 Å². The van der Waals surface area contributed by atoms with E-state index in [1.165, 1.54) is 38.3 Å². The maximum Gasteiger partial charge on any atom is 0.410 e. The van der Waals surface area contributed by atoms with Gasteiger partial charge in [0.2, 0.25) is 51.4 Å². The van der Waals surface area contributed by atoms with Gasteiger partial charge in [-0.05, 0) is 85.5 Å². The van der Waals surface area contributed by atoms with Crippen LogP contribution in [-0.4, -0.2) is 190 Å². The minimum Gasteiger partial charge on any atom is -0.445 e. The van der Waals surface area contributed by atoms with Crippen LogP contribution in [0.1, 0.15) is 138 Å². The summed E-state index contributed by atoms with van der Waals surface area (Å²) < 4.78 is 45.8. The van der Waals surface area contributed by atoms with Crippen molar-refractivity contribution in [3.05, 3.63) is 77.9 Å². The molecule has 0 aromatic heterocycles. The maximum atomic E-state index is 14.8. The smallest absolute Gasteiger partial charge is 0.410 e. The van der Waals surface area contributed by atoms with Gasteiger partial charge in [-0.25, -0.2) is 18.0 Å². The topological polar surface area (TPSA) is 361 Å². The molecular weight excluding hydrogens is 1230 g/mol. The van der Waals surface area contributed by atoms with Gasteiger partial charge in [-0.1, -0.05) is 118 Å². The van der Waals surface area contributed by atoms with Gasteiger partial charge in [0.05, 0.1) is 42.4 Å². The lowest BCUT2D eigenvalue weighted by Crippen LogP contribution is -2.60. The first-order chi connectivity index (χ1) is 44.4. The number of rotatable bonds is 38. The fraction of sp³-hybridized carbons (Fsp3) is 0.621. The van der Waals surface area contributed by atoms with Crippen LogP contribution in [0.4, 0.5) is 15.3 Å². The summed E-state index contributed by atoms with van der Waals surface area (Å²) in [5, 5.41) is 13.7. The largest absolute Gasteiger partial charge is 0.445 e. The normalized spacial score (nSPS) is 16.9. The van der Waals surface area contributed by atoms with E-state index < -0.39 is 130 Å². The number of sulfonamides is 1. The highest BCUT2D eigenvalue weighted by Gasteiger charge is 2.44. The summed E-state index contributed by atoms with van der Waals surface area (Å²) in [6, 6.07) is 8.46. The summed E-state index contributed by atoms with van der Waals surface area (Å²) in [5.74, 6) is -7.38. The number of nitrogens with one attached hydrogen (secondary N) is 6. The molecule has 0 saturated carbocycles. The molecule has 522 valence electrons. The second kappa shape index (κ2) is 37.8. The lowest BCUT2D eigenvalue weighted by molar-refractivity contribution is -0.148. The molecule has 2 aromatic rings. The maximum absolute atomic E-state index is 14.8. The summed E-state index contributed by atoms with van der Waals surface area (Å²) in [5.41, 5.74) is 6.59. The summed E-state index contributed by atoms with van der Waals surface area (Å²) in [7, 11) is 1.84. The van der Waals surface area contributed by atoms with Crippen LogP contribution in [0.25, 0.3) is 0 Å². The molecule has 0 aliphatic carbocycles. The molecule has 1 fully saturated rings. The Balaban J connectivity index is 1.38. The number of imide groups is 1. The predicted molar refractivity (Wildman–Crippen MR) is 352 cm³/mol.